The molecule has 0 saturated heterocycles. The zero-order valence-corrected chi connectivity index (χ0v) is 10.6. The van der Waals surface area contributed by atoms with Crippen molar-refractivity contribution in [2.45, 2.75) is 18.9 Å². The van der Waals surface area contributed by atoms with Crippen LogP contribution in [0.5, 0.6) is 11.6 Å². The zero-order chi connectivity index (χ0) is 14.1. The normalized spacial score (nSPS) is 13.8. The molecule has 6 nitrogen and oxygen atoms in total. The number of anilines is 1. The molecule has 1 heterocycles. The molecule has 1 saturated carbocycles. The summed E-state index contributed by atoms with van der Waals surface area (Å²) in [6.07, 6.45) is 5.17. The third kappa shape index (κ3) is 2.21. The van der Waals surface area contributed by atoms with E-state index in [1.54, 1.807) is 22.9 Å². The highest BCUT2D eigenvalue weighted by molar-refractivity contribution is 5.53. The van der Waals surface area contributed by atoms with Crippen LogP contribution in [0.15, 0.2) is 35.4 Å². The number of hydrogen-bond donors (Lipinski definition) is 1. The molecule has 3 rings (SSSR count). The Labute approximate surface area is 115 Å². The molecular weight excluding hydrogens is 256 g/mol. The fourth-order valence-corrected chi connectivity index (χ4v) is 1.94. The van der Waals surface area contributed by atoms with Gasteiger partial charge in [0.05, 0.1) is 5.56 Å². The van der Waals surface area contributed by atoms with Crippen molar-refractivity contribution >= 4 is 5.69 Å². The van der Waals surface area contributed by atoms with Crippen molar-refractivity contribution in [2.75, 3.05) is 5.73 Å². The molecule has 0 atom stereocenters. The van der Waals surface area contributed by atoms with Crippen LogP contribution in [-0.4, -0.2) is 9.55 Å². The van der Waals surface area contributed by atoms with E-state index < -0.39 is 0 Å². The van der Waals surface area contributed by atoms with Crippen LogP contribution in [0, 0.1) is 11.3 Å². The molecule has 1 aromatic heterocycles. The molecule has 2 aromatic rings. The minimum atomic E-state index is -0.282. The van der Waals surface area contributed by atoms with E-state index in [9.17, 15) is 4.79 Å². The Balaban J connectivity index is 1.98. The molecule has 6 heteroatoms. The number of nitrogen functional groups attached to an aromatic ring is 1. The Bertz CT molecular complexity index is 756. The summed E-state index contributed by atoms with van der Waals surface area (Å²) >= 11 is 0. The zero-order valence-electron chi connectivity index (χ0n) is 10.6. The van der Waals surface area contributed by atoms with Crippen LogP contribution in [0.4, 0.5) is 5.69 Å². The standard InChI is InChI=1S/C14H12N4O2/c15-8-9-7-10(16)1-4-12(9)20-13-14(19)18(6-5-17-13)11-2-3-11/h1,4-7,11H,2-3,16H2. The fourth-order valence-electron chi connectivity index (χ4n) is 1.94. The Hall–Kier alpha value is -2.81. The Morgan fingerprint density at radius 1 is 1.45 bits per heavy atom. The number of benzene rings is 1. The highest BCUT2D eigenvalue weighted by Crippen LogP contribution is 2.33. The summed E-state index contributed by atoms with van der Waals surface area (Å²) in [4.78, 5) is 16.1. The molecule has 0 radical (unpaired) electrons. The van der Waals surface area contributed by atoms with Gasteiger partial charge in [0.1, 0.15) is 11.8 Å². The van der Waals surface area contributed by atoms with E-state index in [0.717, 1.165) is 12.8 Å². The van der Waals surface area contributed by atoms with Crippen molar-refractivity contribution in [3.63, 3.8) is 0 Å². The van der Waals surface area contributed by atoms with Gasteiger partial charge < -0.3 is 15.0 Å². The fraction of sp³-hybridized carbons (Fsp3) is 0.214. The average Bonchev–Trinajstić information content (AvgIpc) is 3.27. The molecular formula is C14H12N4O2. The van der Waals surface area contributed by atoms with E-state index in [0.29, 0.717) is 5.69 Å². The maximum atomic E-state index is 12.2. The topological polar surface area (TPSA) is 93.9 Å². The van der Waals surface area contributed by atoms with E-state index in [1.807, 2.05) is 6.07 Å². The van der Waals surface area contributed by atoms with Crippen LogP contribution in [0.3, 0.4) is 0 Å². The second kappa shape index (κ2) is 4.70. The van der Waals surface area contributed by atoms with Crippen molar-refractivity contribution in [3.05, 3.63) is 46.5 Å². The van der Waals surface area contributed by atoms with E-state index in [-0.39, 0.29) is 28.8 Å². The van der Waals surface area contributed by atoms with Gasteiger partial charge in [-0.15, -0.1) is 0 Å². The first-order valence-electron chi connectivity index (χ1n) is 6.23. The highest BCUT2D eigenvalue weighted by atomic mass is 16.5. The van der Waals surface area contributed by atoms with Crippen molar-refractivity contribution in [2.24, 2.45) is 0 Å². The SMILES string of the molecule is N#Cc1cc(N)ccc1Oc1nccn(C2CC2)c1=O. The lowest BCUT2D eigenvalue weighted by molar-refractivity contribution is 0.443. The molecule has 1 fully saturated rings. The molecule has 0 bridgehead atoms. The molecule has 2 N–H and O–H groups in total. The number of rotatable bonds is 3. The number of nitriles is 1. The van der Waals surface area contributed by atoms with Gasteiger partial charge in [0.15, 0.2) is 0 Å². The Morgan fingerprint density at radius 2 is 2.25 bits per heavy atom. The average molecular weight is 268 g/mol. The lowest BCUT2D eigenvalue weighted by atomic mass is 10.2. The van der Waals surface area contributed by atoms with Gasteiger partial charge in [-0.25, -0.2) is 4.98 Å². The van der Waals surface area contributed by atoms with Gasteiger partial charge in [-0.3, -0.25) is 4.79 Å². The Kier molecular flexibility index (Phi) is 2.88. The molecule has 0 spiro atoms. The molecule has 20 heavy (non-hydrogen) atoms. The molecule has 1 aliphatic rings. The maximum Gasteiger partial charge on any atom is 0.313 e. The monoisotopic (exact) mass is 268 g/mol. The summed E-state index contributed by atoms with van der Waals surface area (Å²) in [5.74, 6) is 0.250. The highest BCUT2D eigenvalue weighted by Gasteiger charge is 2.25. The van der Waals surface area contributed by atoms with Gasteiger partial charge in [-0.1, -0.05) is 0 Å². The summed E-state index contributed by atoms with van der Waals surface area (Å²) in [5.41, 5.74) is 6.06. The van der Waals surface area contributed by atoms with Gasteiger partial charge in [-0.05, 0) is 31.0 Å². The predicted octanol–water partition coefficient (Wildman–Crippen LogP) is 1.82. The summed E-state index contributed by atoms with van der Waals surface area (Å²) in [6.45, 7) is 0. The minimum Gasteiger partial charge on any atom is -0.433 e. The Morgan fingerprint density at radius 3 is 2.95 bits per heavy atom. The van der Waals surface area contributed by atoms with Crippen molar-refractivity contribution < 1.29 is 4.74 Å². The summed E-state index contributed by atoms with van der Waals surface area (Å²) < 4.78 is 7.10. The second-order valence-corrected chi connectivity index (χ2v) is 4.65. The van der Waals surface area contributed by atoms with Crippen LogP contribution < -0.4 is 16.0 Å². The van der Waals surface area contributed by atoms with Crippen molar-refractivity contribution in [1.82, 2.24) is 9.55 Å². The molecule has 100 valence electrons. The first kappa shape index (κ1) is 12.2. The quantitative estimate of drug-likeness (QED) is 0.857. The van der Waals surface area contributed by atoms with Crippen LogP contribution >= 0.6 is 0 Å². The van der Waals surface area contributed by atoms with Gasteiger partial charge in [0, 0.05) is 24.1 Å². The molecule has 1 aromatic carbocycles. The maximum absolute atomic E-state index is 12.2. The van der Waals surface area contributed by atoms with Crippen molar-refractivity contribution in [1.29, 1.82) is 5.26 Å². The van der Waals surface area contributed by atoms with Crippen LogP contribution in [0.2, 0.25) is 0 Å². The van der Waals surface area contributed by atoms with Crippen LogP contribution in [0.1, 0.15) is 24.4 Å². The smallest absolute Gasteiger partial charge is 0.313 e. The van der Waals surface area contributed by atoms with Gasteiger partial charge >= 0.3 is 5.56 Å². The number of ether oxygens (including phenoxy) is 1. The third-order valence-corrected chi connectivity index (χ3v) is 3.11. The lowest BCUT2D eigenvalue weighted by Crippen LogP contribution is -2.20. The van der Waals surface area contributed by atoms with Gasteiger partial charge in [0.25, 0.3) is 5.88 Å². The molecule has 1 aliphatic carbocycles. The summed E-state index contributed by atoms with van der Waals surface area (Å²) in [6, 6.07) is 6.90. The molecule has 0 aliphatic heterocycles. The first-order chi connectivity index (χ1) is 9.69. The van der Waals surface area contributed by atoms with Crippen molar-refractivity contribution in [3.8, 4) is 17.7 Å². The summed E-state index contributed by atoms with van der Waals surface area (Å²) in [5, 5.41) is 9.05. The number of nitrogens with two attached hydrogens (primary N) is 1. The van der Waals surface area contributed by atoms with Gasteiger partial charge in [0.2, 0.25) is 0 Å². The minimum absolute atomic E-state index is 0.0272. The van der Waals surface area contributed by atoms with E-state index in [4.69, 9.17) is 15.7 Å². The second-order valence-electron chi connectivity index (χ2n) is 4.65. The van der Waals surface area contributed by atoms with E-state index >= 15 is 0 Å². The lowest BCUT2D eigenvalue weighted by Gasteiger charge is -2.08. The van der Waals surface area contributed by atoms with Crippen LogP contribution in [-0.2, 0) is 0 Å². The predicted molar refractivity (Wildman–Crippen MR) is 72.4 cm³/mol. The van der Waals surface area contributed by atoms with Crippen LogP contribution in [0.25, 0.3) is 0 Å². The first-order valence-corrected chi connectivity index (χ1v) is 6.23. The van der Waals surface area contributed by atoms with E-state index in [2.05, 4.69) is 4.98 Å². The van der Waals surface area contributed by atoms with E-state index in [1.165, 1.54) is 12.3 Å². The number of aromatic nitrogens is 2. The molecule has 0 amide bonds. The van der Waals surface area contributed by atoms with Gasteiger partial charge in [-0.2, -0.15) is 5.26 Å². The number of nitrogens with zero attached hydrogens (tertiary/aromatic N) is 3. The molecule has 0 unspecified atom stereocenters. The third-order valence-electron chi connectivity index (χ3n) is 3.11. The largest absolute Gasteiger partial charge is 0.433 e. The number of hydrogen-bond acceptors (Lipinski definition) is 5. The summed E-state index contributed by atoms with van der Waals surface area (Å²) in [7, 11) is 0.